The summed E-state index contributed by atoms with van der Waals surface area (Å²) < 4.78 is 7.18. The molecule has 0 bridgehead atoms. The first-order valence-corrected chi connectivity index (χ1v) is 10.3. The lowest BCUT2D eigenvalue weighted by atomic mass is 10.0. The maximum Gasteiger partial charge on any atom is 0.338 e. The van der Waals surface area contributed by atoms with Crippen molar-refractivity contribution in [2.75, 3.05) is 18.1 Å². The van der Waals surface area contributed by atoms with Gasteiger partial charge in [0.25, 0.3) is 0 Å². The van der Waals surface area contributed by atoms with Crippen molar-refractivity contribution in [2.24, 2.45) is 0 Å². The summed E-state index contributed by atoms with van der Waals surface area (Å²) in [6.07, 6.45) is 1.72. The zero-order chi connectivity index (χ0) is 21.5. The third kappa shape index (κ3) is 3.08. The lowest BCUT2D eigenvalue weighted by Gasteiger charge is -2.34. The SMILES string of the molecule is CCOC(=O)c1ccc2c3n(nc2c1)[C@H](C)CN(c1ccc(C#N)c2ncccc12)C3. The number of ether oxygens (including phenoxy) is 1. The molecule has 5 rings (SSSR count). The minimum Gasteiger partial charge on any atom is -0.462 e. The van der Waals surface area contributed by atoms with Gasteiger partial charge in [-0.15, -0.1) is 0 Å². The fourth-order valence-corrected chi connectivity index (χ4v) is 4.37. The highest BCUT2D eigenvalue weighted by molar-refractivity contribution is 5.96. The van der Waals surface area contributed by atoms with Gasteiger partial charge in [0.1, 0.15) is 6.07 Å². The second-order valence-corrected chi connectivity index (χ2v) is 7.72. The molecule has 3 heterocycles. The van der Waals surface area contributed by atoms with Crippen LogP contribution in [0.2, 0.25) is 0 Å². The maximum atomic E-state index is 12.1. The summed E-state index contributed by atoms with van der Waals surface area (Å²) in [5.74, 6) is -0.332. The molecule has 2 aromatic heterocycles. The van der Waals surface area contributed by atoms with E-state index in [0.29, 0.717) is 24.3 Å². The molecule has 0 saturated carbocycles. The fourth-order valence-electron chi connectivity index (χ4n) is 4.37. The van der Waals surface area contributed by atoms with E-state index in [2.05, 4.69) is 27.6 Å². The molecule has 1 aliphatic rings. The van der Waals surface area contributed by atoms with Gasteiger partial charge < -0.3 is 9.64 Å². The van der Waals surface area contributed by atoms with Crippen LogP contribution in [0.4, 0.5) is 5.69 Å². The lowest BCUT2D eigenvalue weighted by Crippen LogP contribution is -2.36. The molecular formula is C24H21N5O2. The molecule has 0 fully saturated rings. The molecular weight excluding hydrogens is 390 g/mol. The summed E-state index contributed by atoms with van der Waals surface area (Å²) in [6, 6.07) is 15.7. The molecule has 0 N–H and O–H groups in total. The van der Waals surface area contributed by atoms with Crippen molar-refractivity contribution < 1.29 is 9.53 Å². The first-order chi connectivity index (χ1) is 15.1. The number of carbonyl (C=O) groups excluding carboxylic acids is 1. The Morgan fingerprint density at radius 2 is 2.13 bits per heavy atom. The number of hydrogen-bond donors (Lipinski definition) is 0. The van der Waals surface area contributed by atoms with Crippen molar-refractivity contribution in [2.45, 2.75) is 26.4 Å². The zero-order valence-electron chi connectivity index (χ0n) is 17.4. The number of pyridine rings is 1. The Bertz CT molecular complexity index is 1370. The Balaban J connectivity index is 1.58. The van der Waals surface area contributed by atoms with Gasteiger partial charge >= 0.3 is 5.97 Å². The molecule has 0 amide bonds. The van der Waals surface area contributed by atoms with Crippen LogP contribution in [0.1, 0.15) is 41.5 Å². The number of carbonyl (C=O) groups is 1. The van der Waals surface area contributed by atoms with E-state index < -0.39 is 0 Å². The van der Waals surface area contributed by atoms with Crippen LogP contribution >= 0.6 is 0 Å². The number of aromatic nitrogens is 3. The quantitative estimate of drug-likeness (QED) is 0.470. The summed E-state index contributed by atoms with van der Waals surface area (Å²) in [6.45, 7) is 5.73. The van der Waals surface area contributed by atoms with E-state index in [1.807, 2.05) is 30.3 Å². The second kappa shape index (κ2) is 7.40. The van der Waals surface area contributed by atoms with E-state index in [-0.39, 0.29) is 12.0 Å². The molecule has 4 aromatic rings. The van der Waals surface area contributed by atoms with E-state index in [0.717, 1.165) is 39.7 Å². The van der Waals surface area contributed by atoms with Crippen LogP contribution in [0, 0.1) is 11.3 Å². The molecule has 31 heavy (non-hydrogen) atoms. The summed E-state index contributed by atoms with van der Waals surface area (Å²) in [5, 5.41) is 16.2. The van der Waals surface area contributed by atoms with Crippen LogP contribution in [-0.4, -0.2) is 33.9 Å². The van der Waals surface area contributed by atoms with E-state index in [4.69, 9.17) is 9.84 Å². The standard InChI is InChI=1S/C24H21N5O2/c1-3-31-24(30)16-6-8-18-20(11-16)27-29-15(2)13-28(14-22(18)29)21-9-7-17(12-25)23-19(21)5-4-10-26-23/h4-11,15H,3,13-14H2,1-2H3/t15-/m1/s1. The smallest absolute Gasteiger partial charge is 0.338 e. The van der Waals surface area contributed by atoms with E-state index >= 15 is 0 Å². The number of rotatable bonds is 3. The van der Waals surface area contributed by atoms with Crippen LogP contribution in [0.25, 0.3) is 21.8 Å². The molecule has 1 atom stereocenters. The Labute approximate surface area is 179 Å². The predicted molar refractivity (Wildman–Crippen MR) is 118 cm³/mol. The van der Waals surface area contributed by atoms with E-state index in [9.17, 15) is 10.1 Å². The van der Waals surface area contributed by atoms with E-state index in [1.54, 1.807) is 25.3 Å². The van der Waals surface area contributed by atoms with Crippen LogP contribution in [-0.2, 0) is 11.3 Å². The highest BCUT2D eigenvalue weighted by atomic mass is 16.5. The summed E-state index contributed by atoms with van der Waals surface area (Å²) in [7, 11) is 0. The van der Waals surface area contributed by atoms with Crippen LogP contribution in [0.5, 0.6) is 0 Å². The molecule has 0 spiro atoms. The third-order valence-electron chi connectivity index (χ3n) is 5.76. The Morgan fingerprint density at radius 3 is 2.94 bits per heavy atom. The maximum absolute atomic E-state index is 12.1. The van der Waals surface area contributed by atoms with Gasteiger partial charge in [-0.05, 0) is 56.3 Å². The first-order valence-electron chi connectivity index (χ1n) is 10.3. The number of hydrogen-bond acceptors (Lipinski definition) is 6. The van der Waals surface area contributed by atoms with Crippen molar-refractivity contribution in [1.29, 1.82) is 5.26 Å². The summed E-state index contributed by atoms with van der Waals surface area (Å²) in [4.78, 5) is 18.9. The predicted octanol–water partition coefficient (Wildman–Crippen LogP) is 4.21. The summed E-state index contributed by atoms with van der Waals surface area (Å²) in [5.41, 5.74) is 4.76. The minimum atomic E-state index is -0.332. The fraction of sp³-hybridized carbons (Fsp3) is 0.250. The Morgan fingerprint density at radius 1 is 1.26 bits per heavy atom. The molecule has 2 aromatic carbocycles. The zero-order valence-corrected chi connectivity index (χ0v) is 17.4. The van der Waals surface area contributed by atoms with Crippen LogP contribution in [0.15, 0.2) is 48.7 Å². The van der Waals surface area contributed by atoms with Gasteiger partial charge in [-0.3, -0.25) is 9.67 Å². The highest BCUT2D eigenvalue weighted by Gasteiger charge is 2.27. The number of fused-ring (bicyclic) bond motifs is 4. The van der Waals surface area contributed by atoms with Gasteiger partial charge in [0, 0.05) is 29.2 Å². The number of anilines is 1. The number of nitriles is 1. The van der Waals surface area contributed by atoms with Crippen molar-refractivity contribution in [3.63, 3.8) is 0 Å². The molecule has 7 heteroatoms. The number of esters is 1. The van der Waals surface area contributed by atoms with Crippen molar-refractivity contribution >= 4 is 33.5 Å². The largest absolute Gasteiger partial charge is 0.462 e. The highest BCUT2D eigenvalue weighted by Crippen LogP contribution is 2.35. The Kier molecular flexibility index (Phi) is 4.55. The molecule has 0 unspecified atom stereocenters. The van der Waals surface area contributed by atoms with Gasteiger partial charge in [-0.2, -0.15) is 10.4 Å². The lowest BCUT2D eigenvalue weighted by molar-refractivity contribution is 0.0526. The van der Waals surface area contributed by atoms with Crippen LogP contribution in [0.3, 0.4) is 0 Å². The molecule has 0 radical (unpaired) electrons. The number of nitrogens with zero attached hydrogens (tertiary/aromatic N) is 5. The first kappa shape index (κ1) is 19.1. The Hall–Kier alpha value is -3.92. The summed E-state index contributed by atoms with van der Waals surface area (Å²) >= 11 is 0. The van der Waals surface area contributed by atoms with E-state index in [1.165, 1.54) is 0 Å². The average molecular weight is 411 g/mol. The molecule has 0 aliphatic carbocycles. The van der Waals surface area contributed by atoms with Crippen LogP contribution < -0.4 is 4.90 Å². The number of benzene rings is 2. The van der Waals surface area contributed by atoms with Gasteiger partial charge in [0.15, 0.2) is 0 Å². The van der Waals surface area contributed by atoms with Gasteiger partial charge in [0.2, 0.25) is 0 Å². The van der Waals surface area contributed by atoms with Gasteiger partial charge in [-0.1, -0.05) is 0 Å². The minimum absolute atomic E-state index is 0.143. The second-order valence-electron chi connectivity index (χ2n) is 7.72. The normalized spacial score (nSPS) is 15.6. The molecule has 7 nitrogen and oxygen atoms in total. The topological polar surface area (TPSA) is 84.0 Å². The van der Waals surface area contributed by atoms with Crippen molar-refractivity contribution in [1.82, 2.24) is 14.8 Å². The van der Waals surface area contributed by atoms with Gasteiger partial charge in [0.05, 0.1) is 47.0 Å². The average Bonchev–Trinajstić information content (AvgIpc) is 3.17. The molecule has 1 aliphatic heterocycles. The molecule has 154 valence electrons. The molecule has 0 saturated heterocycles. The van der Waals surface area contributed by atoms with Crippen molar-refractivity contribution in [3.8, 4) is 6.07 Å². The van der Waals surface area contributed by atoms with Crippen molar-refractivity contribution in [3.05, 3.63) is 65.5 Å². The van der Waals surface area contributed by atoms with Gasteiger partial charge in [-0.25, -0.2) is 4.79 Å². The third-order valence-corrected chi connectivity index (χ3v) is 5.76. The monoisotopic (exact) mass is 411 g/mol.